The van der Waals surface area contributed by atoms with E-state index >= 15 is 0 Å². The summed E-state index contributed by atoms with van der Waals surface area (Å²) < 4.78 is 106. The van der Waals surface area contributed by atoms with E-state index in [0.29, 0.717) is 43.7 Å². The first-order valence-corrected chi connectivity index (χ1v) is 15.1. The van der Waals surface area contributed by atoms with Gasteiger partial charge in [-0.25, -0.2) is 4.39 Å². The Kier molecular flexibility index (Phi) is 8.88. The zero-order chi connectivity index (χ0) is 33.4. The first-order valence-electron chi connectivity index (χ1n) is 15.1. The Morgan fingerprint density at radius 1 is 0.872 bits per heavy atom. The van der Waals surface area contributed by atoms with Crippen molar-refractivity contribution in [2.75, 3.05) is 26.3 Å². The van der Waals surface area contributed by atoms with Crippen molar-refractivity contribution in [2.45, 2.75) is 50.1 Å². The van der Waals surface area contributed by atoms with Gasteiger partial charge in [0.1, 0.15) is 23.4 Å². The number of benzene rings is 3. The van der Waals surface area contributed by atoms with Crippen LogP contribution in [0.15, 0.2) is 96.5 Å². The van der Waals surface area contributed by atoms with Crippen molar-refractivity contribution in [2.24, 2.45) is 5.73 Å². The molecule has 1 fully saturated rings. The molecule has 1 atom stereocenters. The molecule has 6 rings (SSSR count). The molecular formula is C34H33F7N4O2. The maximum Gasteiger partial charge on any atom is 0.573 e. The second-order valence-corrected chi connectivity index (χ2v) is 12.0. The maximum atomic E-state index is 15.0. The number of nitrogens with two attached hydrogens (primary N) is 1. The number of likely N-dealkylation sites (tertiary alicyclic amines) is 1. The van der Waals surface area contributed by atoms with E-state index < -0.39 is 41.1 Å². The highest BCUT2D eigenvalue weighted by molar-refractivity contribution is 5.44. The summed E-state index contributed by atoms with van der Waals surface area (Å²) in [5.41, 5.74) is 6.78. The maximum absolute atomic E-state index is 15.0. The number of hydrogen-bond donors (Lipinski definition) is 1. The lowest BCUT2D eigenvalue weighted by molar-refractivity contribution is -0.275. The van der Waals surface area contributed by atoms with Gasteiger partial charge in [0.05, 0.1) is 17.9 Å². The van der Waals surface area contributed by atoms with Crippen LogP contribution in [0.5, 0.6) is 5.75 Å². The second-order valence-electron chi connectivity index (χ2n) is 12.0. The first-order chi connectivity index (χ1) is 22.3. The molecule has 1 saturated heterocycles. The molecule has 0 radical (unpaired) electrons. The van der Waals surface area contributed by atoms with Gasteiger partial charge in [-0.3, -0.25) is 4.90 Å². The van der Waals surface area contributed by atoms with Gasteiger partial charge in [-0.2, -0.15) is 13.2 Å². The minimum atomic E-state index is -4.82. The molecule has 3 aliphatic rings. The molecule has 0 unspecified atom stereocenters. The molecule has 3 heterocycles. The SMILES string of the molecule is N[C@@H](CN1C=C2C(=COC23CCN(Cc2ccccc2OC(F)(F)F)CC3)N(Cc2c(F)cccc2C(F)(F)F)C1)c1ccccc1. The summed E-state index contributed by atoms with van der Waals surface area (Å²) in [5, 5.41) is 0. The highest BCUT2D eigenvalue weighted by Gasteiger charge is 2.48. The van der Waals surface area contributed by atoms with E-state index in [0.717, 1.165) is 29.3 Å². The molecule has 2 N–H and O–H groups in total. The van der Waals surface area contributed by atoms with Gasteiger partial charge in [-0.15, -0.1) is 13.2 Å². The number of halogens is 7. The molecule has 250 valence electrons. The fourth-order valence-corrected chi connectivity index (χ4v) is 6.52. The van der Waals surface area contributed by atoms with Crippen LogP contribution in [0.4, 0.5) is 30.7 Å². The Balaban J connectivity index is 1.25. The number of nitrogens with zero attached hydrogens (tertiary/aromatic N) is 3. The van der Waals surface area contributed by atoms with E-state index in [9.17, 15) is 30.7 Å². The summed E-state index contributed by atoms with van der Waals surface area (Å²) >= 11 is 0. The van der Waals surface area contributed by atoms with E-state index in [1.165, 1.54) is 18.4 Å². The molecule has 47 heavy (non-hydrogen) atoms. The molecule has 1 spiro atoms. The van der Waals surface area contributed by atoms with Crippen LogP contribution in [0, 0.1) is 5.82 Å². The number of fused-ring (bicyclic) bond motifs is 2. The third kappa shape index (κ3) is 7.20. The molecule has 3 aromatic carbocycles. The van der Waals surface area contributed by atoms with Gasteiger partial charge in [0.2, 0.25) is 0 Å². The van der Waals surface area contributed by atoms with Crippen molar-refractivity contribution in [3.05, 3.63) is 125 Å². The minimum absolute atomic E-state index is 0.142. The normalized spacial score (nSPS) is 18.8. The highest BCUT2D eigenvalue weighted by Crippen LogP contribution is 2.47. The van der Waals surface area contributed by atoms with Crippen LogP contribution >= 0.6 is 0 Å². The monoisotopic (exact) mass is 662 g/mol. The number of piperidine rings is 1. The Hall–Kier alpha value is -4.23. The average molecular weight is 663 g/mol. The Morgan fingerprint density at radius 2 is 1.57 bits per heavy atom. The fraction of sp³-hybridized carbons (Fsp3) is 0.353. The summed E-state index contributed by atoms with van der Waals surface area (Å²) in [6, 6.07) is 17.9. The Morgan fingerprint density at radius 3 is 2.28 bits per heavy atom. The molecule has 3 aromatic rings. The largest absolute Gasteiger partial charge is 0.573 e. The predicted octanol–water partition coefficient (Wildman–Crippen LogP) is 7.31. The standard InChI is InChI=1S/C34H33F7N4O2/c35-28-11-6-10-26(33(36,37)38)25(28)18-45-22-44(20-29(42)23-7-2-1-3-8-23)19-27-30(45)21-46-32(27)13-15-43(16-14-32)17-24-9-4-5-12-31(24)47-34(39,40)41/h1-12,19,21,29H,13-18,20,22,42H2/t29-/m0/s1. The summed E-state index contributed by atoms with van der Waals surface area (Å²) in [6.07, 6.45) is -5.20. The lowest BCUT2D eigenvalue weighted by Crippen LogP contribution is -2.49. The molecule has 0 bridgehead atoms. The molecule has 0 saturated carbocycles. The van der Waals surface area contributed by atoms with Crippen LogP contribution in [0.3, 0.4) is 0 Å². The van der Waals surface area contributed by atoms with Gasteiger partial charge in [0.25, 0.3) is 0 Å². The predicted molar refractivity (Wildman–Crippen MR) is 160 cm³/mol. The van der Waals surface area contributed by atoms with Gasteiger partial charge in [-0.05, 0) is 23.8 Å². The Bertz CT molecular complexity index is 1630. The second kappa shape index (κ2) is 12.8. The zero-order valence-corrected chi connectivity index (χ0v) is 25.2. The number of alkyl halides is 6. The van der Waals surface area contributed by atoms with E-state index in [2.05, 4.69) is 4.74 Å². The molecule has 0 aliphatic carbocycles. The summed E-state index contributed by atoms with van der Waals surface area (Å²) in [6.45, 7) is 1.27. The highest BCUT2D eigenvalue weighted by atomic mass is 19.4. The topological polar surface area (TPSA) is 54.2 Å². The van der Waals surface area contributed by atoms with Crippen molar-refractivity contribution in [3.8, 4) is 5.75 Å². The molecular weight excluding hydrogens is 629 g/mol. The number of ether oxygens (including phenoxy) is 2. The van der Waals surface area contributed by atoms with E-state index in [4.69, 9.17) is 10.5 Å². The van der Waals surface area contributed by atoms with E-state index in [1.807, 2.05) is 46.3 Å². The van der Waals surface area contributed by atoms with Crippen molar-refractivity contribution >= 4 is 0 Å². The Labute approximate surface area is 267 Å². The van der Waals surface area contributed by atoms with Gasteiger partial charge in [0, 0.05) is 74.5 Å². The number of rotatable bonds is 8. The third-order valence-corrected chi connectivity index (χ3v) is 8.86. The quantitative estimate of drug-likeness (QED) is 0.256. The van der Waals surface area contributed by atoms with Crippen LogP contribution in [0.25, 0.3) is 0 Å². The van der Waals surface area contributed by atoms with Gasteiger partial charge in [-0.1, -0.05) is 54.6 Å². The molecule has 0 aromatic heterocycles. The lowest BCUT2D eigenvalue weighted by Gasteiger charge is -2.44. The van der Waals surface area contributed by atoms with E-state index in [1.54, 1.807) is 17.0 Å². The third-order valence-electron chi connectivity index (χ3n) is 8.86. The van der Waals surface area contributed by atoms with Crippen LogP contribution < -0.4 is 10.5 Å². The van der Waals surface area contributed by atoms with Gasteiger partial charge in [0.15, 0.2) is 0 Å². The van der Waals surface area contributed by atoms with E-state index in [-0.39, 0.29) is 25.5 Å². The fourth-order valence-electron chi connectivity index (χ4n) is 6.52. The number of para-hydroxylation sites is 1. The zero-order valence-electron chi connectivity index (χ0n) is 25.2. The molecule has 13 heteroatoms. The first kappa shape index (κ1) is 32.7. The van der Waals surface area contributed by atoms with Gasteiger partial charge >= 0.3 is 12.5 Å². The average Bonchev–Trinajstić information content (AvgIpc) is 3.37. The van der Waals surface area contributed by atoms with Crippen molar-refractivity contribution in [3.63, 3.8) is 0 Å². The van der Waals surface area contributed by atoms with Crippen molar-refractivity contribution in [1.82, 2.24) is 14.7 Å². The van der Waals surface area contributed by atoms with Crippen molar-refractivity contribution in [1.29, 1.82) is 0 Å². The minimum Gasteiger partial charge on any atom is -0.488 e. The molecule has 0 amide bonds. The summed E-state index contributed by atoms with van der Waals surface area (Å²) in [5.74, 6) is -1.22. The number of hydrogen-bond acceptors (Lipinski definition) is 6. The van der Waals surface area contributed by atoms with Crippen molar-refractivity contribution < 1.29 is 40.2 Å². The smallest absolute Gasteiger partial charge is 0.488 e. The van der Waals surface area contributed by atoms with Crippen LogP contribution in [-0.2, 0) is 24.0 Å². The lowest BCUT2D eigenvalue weighted by atomic mass is 9.83. The summed E-state index contributed by atoms with van der Waals surface area (Å²) in [4.78, 5) is 5.59. The van der Waals surface area contributed by atoms with Crippen LogP contribution in [0.1, 0.15) is 41.1 Å². The molecule has 3 aliphatic heterocycles. The van der Waals surface area contributed by atoms with Crippen LogP contribution in [0.2, 0.25) is 0 Å². The summed E-state index contributed by atoms with van der Waals surface area (Å²) in [7, 11) is 0. The van der Waals surface area contributed by atoms with Crippen LogP contribution in [-0.4, -0.2) is 53.0 Å². The molecule has 6 nitrogen and oxygen atoms in total. The van der Waals surface area contributed by atoms with Gasteiger partial charge < -0.3 is 25.0 Å².